The number of benzene rings is 1. The number of nitrogens with zero attached hydrogens (tertiary/aromatic N) is 1. The van der Waals surface area contributed by atoms with Crippen molar-refractivity contribution < 1.29 is 22.8 Å². The summed E-state index contributed by atoms with van der Waals surface area (Å²) in [5.74, 6) is 0.498. The third-order valence-corrected chi connectivity index (χ3v) is 6.18. The van der Waals surface area contributed by atoms with Gasteiger partial charge >= 0.3 is 0 Å². The highest BCUT2D eigenvalue weighted by molar-refractivity contribution is 7.89. The molecule has 1 amide bonds. The number of ether oxygens (including phenoxy) is 1. The number of hydrogen-bond acceptors (Lipinski definition) is 4. The first-order chi connectivity index (χ1) is 12.2. The molecule has 0 aliphatic carbocycles. The van der Waals surface area contributed by atoms with Gasteiger partial charge in [0.1, 0.15) is 5.75 Å². The molecular formula is C18H30N3O4S+. The van der Waals surface area contributed by atoms with E-state index in [4.69, 9.17) is 4.74 Å². The quantitative estimate of drug-likeness (QED) is 0.683. The van der Waals surface area contributed by atoms with E-state index in [1.807, 2.05) is 4.90 Å². The molecule has 0 atom stereocenters. The Labute approximate surface area is 156 Å². The Morgan fingerprint density at radius 3 is 2.50 bits per heavy atom. The Balaban J connectivity index is 1.95. The summed E-state index contributed by atoms with van der Waals surface area (Å²) in [5.41, 5.74) is 0.685. The number of aryl methyl sites for hydroxylation is 1. The highest BCUT2D eigenvalue weighted by Crippen LogP contribution is 2.22. The van der Waals surface area contributed by atoms with Crippen LogP contribution in [0.1, 0.15) is 26.3 Å². The number of amides is 1. The molecule has 0 unspecified atom stereocenters. The third kappa shape index (κ3) is 5.43. The molecule has 7 nitrogen and oxygen atoms in total. The summed E-state index contributed by atoms with van der Waals surface area (Å²) in [7, 11) is -3.54. The van der Waals surface area contributed by atoms with E-state index >= 15 is 0 Å². The van der Waals surface area contributed by atoms with Gasteiger partial charge in [0.15, 0.2) is 6.61 Å². The topological polar surface area (TPSA) is 80.2 Å². The summed E-state index contributed by atoms with van der Waals surface area (Å²) >= 11 is 0. The van der Waals surface area contributed by atoms with Crippen molar-refractivity contribution in [1.29, 1.82) is 0 Å². The molecule has 1 aliphatic heterocycles. The van der Waals surface area contributed by atoms with Gasteiger partial charge in [-0.1, -0.05) is 0 Å². The second kappa shape index (κ2) is 8.83. The van der Waals surface area contributed by atoms with E-state index in [-0.39, 0.29) is 23.5 Å². The number of likely N-dealkylation sites (N-methyl/N-ethyl adjacent to an activating group) is 1. The van der Waals surface area contributed by atoms with Crippen LogP contribution in [0.3, 0.4) is 0 Å². The number of rotatable bonds is 7. The van der Waals surface area contributed by atoms with Crippen molar-refractivity contribution in [1.82, 2.24) is 9.62 Å². The van der Waals surface area contributed by atoms with Gasteiger partial charge in [0.2, 0.25) is 10.0 Å². The number of nitrogens with one attached hydrogen (secondary N) is 2. The molecule has 0 spiro atoms. The van der Waals surface area contributed by atoms with Crippen LogP contribution in [0.2, 0.25) is 0 Å². The summed E-state index contributed by atoms with van der Waals surface area (Å²) in [4.78, 5) is 15.9. The zero-order valence-corrected chi connectivity index (χ0v) is 16.9. The van der Waals surface area contributed by atoms with Gasteiger partial charge in [0.25, 0.3) is 5.91 Å². The number of hydrogen-bond donors (Lipinski definition) is 2. The normalized spacial score (nSPS) is 16.1. The number of carbonyl (C=O) groups is 1. The predicted molar refractivity (Wildman–Crippen MR) is 99.9 cm³/mol. The van der Waals surface area contributed by atoms with Gasteiger partial charge in [-0.25, -0.2) is 13.1 Å². The van der Waals surface area contributed by atoms with Crippen molar-refractivity contribution in [3.05, 3.63) is 23.8 Å². The van der Waals surface area contributed by atoms with Gasteiger partial charge in [-0.05, 0) is 51.5 Å². The maximum Gasteiger partial charge on any atom is 0.260 e. The fourth-order valence-corrected chi connectivity index (χ4v) is 4.32. The summed E-state index contributed by atoms with van der Waals surface area (Å²) in [6.07, 6.45) is 0. The molecule has 1 saturated heterocycles. The highest BCUT2D eigenvalue weighted by Gasteiger charge is 2.23. The smallest absolute Gasteiger partial charge is 0.260 e. The van der Waals surface area contributed by atoms with Crippen molar-refractivity contribution in [2.24, 2.45) is 0 Å². The van der Waals surface area contributed by atoms with Crippen LogP contribution >= 0.6 is 0 Å². The van der Waals surface area contributed by atoms with Crippen molar-refractivity contribution in [2.45, 2.75) is 38.6 Å². The minimum atomic E-state index is -3.54. The standard InChI is InChI=1S/C18H29N3O4S/c1-5-20-8-10-21(11-9-20)18(22)13-25-17-7-6-16(12-15(17)4)26(23,24)19-14(2)3/h6-7,12,14,19H,5,8-11,13H2,1-4H3/p+1. The first-order valence-electron chi connectivity index (χ1n) is 9.10. The van der Waals surface area contributed by atoms with E-state index in [1.54, 1.807) is 32.9 Å². The van der Waals surface area contributed by atoms with E-state index in [0.717, 1.165) is 32.7 Å². The van der Waals surface area contributed by atoms with E-state index in [9.17, 15) is 13.2 Å². The molecule has 146 valence electrons. The van der Waals surface area contributed by atoms with Crippen molar-refractivity contribution in [2.75, 3.05) is 39.3 Å². The lowest BCUT2D eigenvalue weighted by Gasteiger charge is -2.31. The minimum absolute atomic E-state index is 0.0291. The Morgan fingerprint density at radius 1 is 1.31 bits per heavy atom. The molecule has 1 fully saturated rings. The zero-order valence-electron chi connectivity index (χ0n) is 16.0. The first-order valence-corrected chi connectivity index (χ1v) is 10.6. The van der Waals surface area contributed by atoms with E-state index < -0.39 is 10.0 Å². The van der Waals surface area contributed by atoms with Crippen LogP contribution in [0.15, 0.2) is 23.1 Å². The van der Waals surface area contributed by atoms with Crippen LogP contribution in [0.25, 0.3) is 0 Å². The average molecular weight is 385 g/mol. The second-order valence-corrected chi connectivity index (χ2v) is 8.69. The molecule has 0 aromatic heterocycles. The molecule has 26 heavy (non-hydrogen) atoms. The van der Waals surface area contributed by atoms with E-state index in [0.29, 0.717) is 11.3 Å². The van der Waals surface area contributed by atoms with E-state index in [1.165, 1.54) is 11.0 Å². The molecule has 0 radical (unpaired) electrons. The number of carbonyl (C=O) groups excluding carboxylic acids is 1. The summed E-state index contributed by atoms with van der Waals surface area (Å²) in [5, 5.41) is 0. The van der Waals surface area contributed by atoms with Gasteiger partial charge in [0.05, 0.1) is 37.6 Å². The van der Waals surface area contributed by atoms with Gasteiger partial charge in [-0.2, -0.15) is 0 Å². The van der Waals surface area contributed by atoms with Crippen molar-refractivity contribution in [3.8, 4) is 5.75 Å². The molecule has 0 saturated carbocycles. The molecule has 0 bridgehead atoms. The monoisotopic (exact) mass is 384 g/mol. The van der Waals surface area contributed by atoms with Crippen molar-refractivity contribution >= 4 is 15.9 Å². The Morgan fingerprint density at radius 2 is 1.96 bits per heavy atom. The molecular weight excluding hydrogens is 354 g/mol. The molecule has 1 aromatic rings. The second-order valence-electron chi connectivity index (χ2n) is 6.98. The van der Waals surface area contributed by atoms with Crippen LogP contribution in [0.4, 0.5) is 0 Å². The van der Waals surface area contributed by atoms with Gasteiger partial charge in [0, 0.05) is 6.04 Å². The number of piperazine rings is 1. The summed E-state index contributed by atoms with van der Waals surface area (Å²) < 4.78 is 32.6. The summed E-state index contributed by atoms with van der Waals surface area (Å²) in [6, 6.07) is 4.50. The lowest BCUT2D eigenvalue weighted by Crippen LogP contribution is -3.14. The van der Waals surface area contributed by atoms with Gasteiger partial charge in [-0.15, -0.1) is 0 Å². The van der Waals surface area contributed by atoms with Crippen LogP contribution in [0, 0.1) is 6.92 Å². The molecule has 8 heteroatoms. The van der Waals surface area contributed by atoms with Crippen molar-refractivity contribution in [3.63, 3.8) is 0 Å². The largest absolute Gasteiger partial charge is 0.483 e. The molecule has 2 rings (SSSR count). The first kappa shape index (κ1) is 20.7. The Kier molecular flexibility index (Phi) is 7.02. The minimum Gasteiger partial charge on any atom is -0.483 e. The summed E-state index contributed by atoms with van der Waals surface area (Å²) in [6.45, 7) is 12.0. The molecule has 1 aromatic carbocycles. The predicted octanol–water partition coefficient (Wildman–Crippen LogP) is -0.192. The lowest BCUT2D eigenvalue weighted by atomic mass is 10.2. The number of quaternary nitrogens is 1. The van der Waals surface area contributed by atoms with Gasteiger partial charge < -0.3 is 14.5 Å². The average Bonchev–Trinajstić information content (AvgIpc) is 2.59. The Hall–Kier alpha value is -1.64. The zero-order chi connectivity index (χ0) is 19.3. The fraction of sp³-hybridized carbons (Fsp3) is 0.611. The van der Waals surface area contributed by atoms with Gasteiger partial charge in [-0.3, -0.25) is 4.79 Å². The maximum absolute atomic E-state index is 12.3. The molecule has 1 aliphatic rings. The fourth-order valence-electron chi connectivity index (χ4n) is 2.99. The van der Waals surface area contributed by atoms with E-state index in [2.05, 4.69) is 11.6 Å². The Bertz CT molecular complexity index is 726. The van der Waals surface area contributed by atoms with Crippen LogP contribution < -0.4 is 14.4 Å². The van der Waals surface area contributed by atoms with Crippen LogP contribution in [-0.4, -0.2) is 64.6 Å². The van der Waals surface area contributed by atoms with Crippen LogP contribution in [0.5, 0.6) is 5.75 Å². The number of sulfonamides is 1. The third-order valence-electron chi connectivity index (χ3n) is 4.52. The highest BCUT2D eigenvalue weighted by atomic mass is 32.2. The SMILES string of the molecule is CC[NH+]1CCN(C(=O)COc2ccc(S(=O)(=O)NC(C)C)cc2C)CC1. The van der Waals surface area contributed by atoms with Crippen LogP contribution in [-0.2, 0) is 14.8 Å². The molecule has 2 N–H and O–H groups in total. The molecule has 1 heterocycles. The lowest BCUT2D eigenvalue weighted by molar-refractivity contribution is -0.902. The maximum atomic E-state index is 12.3.